The van der Waals surface area contributed by atoms with Crippen LogP contribution in [0.4, 0.5) is 0 Å². The molecule has 2 aromatic heterocycles. The number of aromatic nitrogens is 2. The van der Waals surface area contributed by atoms with Gasteiger partial charge in [-0.05, 0) is 43.2 Å². The number of carbonyl (C=O) groups excluding carboxylic acids is 1. The molecule has 1 amide bonds. The van der Waals surface area contributed by atoms with E-state index in [-0.39, 0.29) is 17.5 Å². The molecule has 5 rings (SSSR count). The Labute approximate surface area is 167 Å². The molecule has 1 aliphatic heterocycles. The van der Waals surface area contributed by atoms with E-state index in [4.69, 9.17) is 0 Å². The maximum atomic E-state index is 12.9. The standard InChI is InChI=1S/C22H23N3O2S/c26-19(25-13-5-9-16(25)14-6-2-1-3-7-14)12-11-18-23-21(27)20-15-8-4-10-17(15)28-22(20)24-18/h1-3,6-7,16H,4-5,8-13H2,(H,23,24,27)/t16-/m0/s1. The maximum Gasteiger partial charge on any atom is 0.259 e. The summed E-state index contributed by atoms with van der Waals surface area (Å²) in [5.74, 6) is 0.768. The van der Waals surface area contributed by atoms with Gasteiger partial charge in [-0.2, -0.15) is 0 Å². The molecule has 1 saturated heterocycles. The van der Waals surface area contributed by atoms with E-state index < -0.39 is 0 Å². The molecule has 6 heteroatoms. The van der Waals surface area contributed by atoms with E-state index in [0.717, 1.165) is 48.9 Å². The highest BCUT2D eigenvalue weighted by atomic mass is 32.1. The number of aromatic amines is 1. The van der Waals surface area contributed by atoms with Crippen LogP contribution < -0.4 is 5.56 Å². The zero-order chi connectivity index (χ0) is 19.1. The van der Waals surface area contributed by atoms with Crippen molar-refractivity contribution < 1.29 is 4.79 Å². The second-order valence-electron chi connectivity index (χ2n) is 7.71. The van der Waals surface area contributed by atoms with Crippen molar-refractivity contribution >= 4 is 27.5 Å². The van der Waals surface area contributed by atoms with Gasteiger partial charge in [0.1, 0.15) is 10.7 Å². The zero-order valence-corrected chi connectivity index (χ0v) is 16.6. The Morgan fingerprint density at radius 2 is 2.07 bits per heavy atom. The van der Waals surface area contributed by atoms with Gasteiger partial charge >= 0.3 is 0 Å². The quantitative estimate of drug-likeness (QED) is 0.734. The predicted molar refractivity (Wildman–Crippen MR) is 111 cm³/mol. The van der Waals surface area contributed by atoms with Gasteiger partial charge in [-0.15, -0.1) is 11.3 Å². The van der Waals surface area contributed by atoms with Crippen LogP contribution in [-0.2, 0) is 24.1 Å². The third-order valence-electron chi connectivity index (χ3n) is 5.96. The van der Waals surface area contributed by atoms with Crippen molar-refractivity contribution in [3.05, 3.63) is 62.5 Å². The molecule has 0 saturated carbocycles. The van der Waals surface area contributed by atoms with Crippen molar-refractivity contribution in [3.8, 4) is 0 Å². The highest BCUT2D eigenvalue weighted by molar-refractivity contribution is 7.18. The monoisotopic (exact) mass is 393 g/mol. The minimum absolute atomic E-state index is 0.0461. The molecule has 144 valence electrons. The van der Waals surface area contributed by atoms with E-state index in [2.05, 4.69) is 22.1 Å². The Hall–Kier alpha value is -2.47. The molecular formula is C22H23N3O2S. The molecule has 0 radical (unpaired) electrons. The fourth-order valence-corrected chi connectivity index (χ4v) is 5.90. The average Bonchev–Trinajstić information content (AvgIpc) is 3.42. The van der Waals surface area contributed by atoms with Crippen molar-refractivity contribution in [3.63, 3.8) is 0 Å². The molecule has 0 bridgehead atoms. The largest absolute Gasteiger partial charge is 0.336 e. The Bertz CT molecular complexity index is 1090. The van der Waals surface area contributed by atoms with Gasteiger partial charge in [-0.25, -0.2) is 4.98 Å². The molecule has 0 unspecified atom stereocenters. The number of nitrogens with zero attached hydrogens (tertiary/aromatic N) is 2. The summed E-state index contributed by atoms with van der Waals surface area (Å²) in [6.07, 6.45) is 6.07. The molecule has 5 nitrogen and oxygen atoms in total. The van der Waals surface area contributed by atoms with Crippen LogP contribution in [-0.4, -0.2) is 27.3 Å². The van der Waals surface area contributed by atoms with Crippen LogP contribution in [0.5, 0.6) is 0 Å². The number of amides is 1. The summed E-state index contributed by atoms with van der Waals surface area (Å²) in [6.45, 7) is 0.805. The van der Waals surface area contributed by atoms with Gasteiger partial charge in [0.25, 0.3) is 5.56 Å². The van der Waals surface area contributed by atoms with Crippen LogP contribution in [0.2, 0.25) is 0 Å². The lowest BCUT2D eigenvalue weighted by molar-refractivity contribution is -0.132. The van der Waals surface area contributed by atoms with Crippen LogP contribution in [0.15, 0.2) is 35.1 Å². The van der Waals surface area contributed by atoms with E-state index in [1.54, 1.807) is 11.3 Å². The fraction of sp³-hybridized carbons (Fsp3) is 0.409. The van der Waals surface area contributed by atoms with Crippen LogP contribution in [0, 0.1) is 0 Å². The lowest BCUT2D eigenvalue weighted by atomic mass is 10.0. The van der Waals surface area contributed by atoms with Gasteiger partial charge in [-0.1, -0.05) is 30.3 Å². The number of benzene rings is 1. The minimum Gasteiger partial charge on any atom is -0.336 e. The summed E-state index contributed by atoms with van der Waals surface area (Å²) >= 11 is 1.65. The summed E-state index contributed by atoms with van der Waals surface area (Å²) in [7, 11) is 0. The molecular weight excluding hydrogens is 370 g/mol. The van der Waals surface area contributed by atoms with Crippen molar-refractivity contribution in [2.24, 2.45) is 0 Å². The minimum atomic E-state index is -0.0461. The van der Waals surface area contributed by atoms with E-state index in [1.165, 1.54) is 16.0 Å². The number of rotatable bonds is 4. The van der Waals surface area contributed by atoms with Crippen LogP contribution in [0.1, 0.15) is 53.6 Å². The van der Waals surface area contributed by atoms with Gasteiger partial charge in [0.2, 0.25) is 5.91 Å². The molecule has 1 fully saturated rings. The molecule has 28 heavy (non-hydrogen) atoms. The number of carbonyl (C=O) groups is 1. The zero-order valence-electron chi connectivity index (χ0n) is 15.7. The van der Waals surface area contributed by atoms with Crippen LogP contribution in [0.25, 0.3) is 10.2 Å². The maximum absolute atomic E-state index is 12.9. The Kier molecular flexibility index (Phi) is 4.51. The third kappa shape index (κ3) is 3.05. The average molecular weight is 394 g/mol. The summed E-state index contributed by atoms with van der Waals surface area (Å²) in [6, 6.07) is 10.4. The normalized spacial score (nSPS) is 18.7. The van der Waals surface area contributed by atoms with Crippen molar-refractivity contribution in [1.82, 2.24) is 14.9 Å². The first kappa shape index (κ1) is 17.6. The van der Waals surface area contributed by atoms with Crippen molar-refractivity contribution in [1.29, 1.82) is 0 Å². The molecule has 1 atom stereocenters. The van der Waals surface area contributed by atoms with Gasteiger partial charge < -0.3 is 9.88 Å². The number of nitrogens with one attached hydrogen (secondary N) is 1. The second-order valence-corrected chi connectivity index (χ2v) is 8.79. The number of thiophene rings is 1. The van der Waals surface area contributed by atoms with Gasteiger partial charge in [0.15, 0.2) is 0 Å². The Balaban J connectivity index is 1.32. The Morgan fingerprint density at radius 3 is 2.93 bits per heavy atom. The topological polar surface area (TPSA) is 66.1 Å². The van der Waals surface area contributed by atoms with Gasteiger partial charge in [0, 0.05) is 24.3 Å². The SMILES string of the molecule is O=C(CCc1nc2sc3c(c2c(=O)[nH]1)CCC3)N1CCC[C@H]1c1ccccc1. The smallest absolute Gasteiger partial charge is 0.259 e. The number of fused-ring (bicyclic) bond motifs is 3. The predicted octanol–water partition coefficient (Wildman–Crippen LogP) is 3.77. The molecule has 2 aliphatic rings. The summed E-state index contributed by atoms with van der Waals surface area (Å²) < 4.78 is 0. The lowest BCUT2D eigenvalue weighted by Crippen LogP contribution is -2.31. The van der Waals surface area contributed by atoms with Crippen molar-refractivity contribution in [2.45, 2.75) is 51.0 Å². The van der Waals surface area contributed by atoms with Gasteiger partial charge in [-0.3, -0.25) is 9.59 Å². The first-order valence-corrected chi connectivity index (χ1v) is 10.9. The molecule has 0 spiro atoms. The second kappa shape index (κ2) is 7.17. The fourth-order valence-electron chi connectivity index (χ4n) is 4.62. The highest BCUT2D eigenvalue weighted by Crippen LogP contribution is 2.35. The molecule has 3 heterocycles. The van der Waals surface area contributed by atoms with Gasteiger partial charge in [0.05, 0.1) is 11.4 Å². The van der Waals surface area contributed by atoms with E-state index in [1.807, 2.05) is 23.1 Å². The van der Waals surface area contributed by atoms with Crippen molar-refractivity contribution in [2.75, 3.05) is 6.54 Å². The number of aryl methyl sites for hydroxylation is 3. The summed E-state index contributed by atoms with van der Waals surface area (Å²) in [4.78, 5) is 37.2. The molecule has 3 aromatic rings. The number of likely N-dealkylation sites (tertiary alicyclic amines) is 1. The van der Waals surface area contributed by atoms with E-state index >= 15 is 0 Å². The van der Waals surface area contributed by atoms with E-state index in [0.29, 0.717) is 18.7 Å². The first-order valence-electron chi connectivity index (χ1n) is 10.1. The highest BCUT2D eigenvalue weighted by Gasteiger charge is 2.29. The third-order valence-corrected chi connectivity index (χ3v) is 7.14. The molecule has 1 aromatic carbocycles. The van der Waals surface area contributed by atoms with E-state index in [9.17, 15) is 9.59 Å². The molecule has 1 N–H and O–H groups in total. The number of hydrogen-bond donors (Lipinski definition) is 1. The number of hydrogen-bond acceptors (Lipinski definition) is 4. The summed E-state index contributed by atoms with van der Waals surface area (Å²) in [5, 5.41) is 0.774. The van der Waals surface area contributed by atoms with Crippen LogP contribution >= 0.6 is 11.3 Å². The van der Waals surface area contributed by atoms with Crippen LogP contribution in [0.3, 0.4) is 0 Å². The summed E-state index contributed by atoms with van der Waals surface area (Å²) in [5.41, 5.74) is 2.35. The first-order chi connectivity index (χ1) is 13.7. The Morgan fingerprint density at radius 1 is 1.21 bits per heavy atom. The lowest BCUT2D eigenvalue weighted by Gasteiger charge is -2.25. The number of H-pyrrole nitrogens is 1. The molecule has 1 aliphatic carbocycles.